The summed E-state index contributed by atoms with van der Waals surface area (Å²) >= 11 is 0. The summed E-state index contributed by atoms with van der Waals surface area (Å²) in [4.78, 5) is 14.6. The molecular weight excluding hydrogens is 827 g/mol. The Morgan fingerprint density at radius 2 is 1.59 bits per heavy atom. The highest BCUT2D eigenvalue weighted by atomic mass is 16.7. The number of aliphatic hydroxyl groups is 4. The van der Waals surface area contributed by atoms with Gasteiger partial charge in [0.25, 0.3) is 0 Å². The number of hydrogen-bond donors (Lipinski definition) is 7. The molecule has 0 amide bonds. The predicted octanol–water partition coefficient (Wildman–Crippen LogP) is 4.07. The van der Waals surface area contributed by atoms with Gasteiger partial charge in [-0.3, -0.25) is 4.79 Å². The number of ether oxygens (including phenoxy) is 8. The van der Waals surface area contributed by atoms with E-state index in [1.165, 1.54) is 6.92 Å². The van der Waals surface area contributed by atoms with Gasteiger partial charge in [-0.15, -0.1) is 0 Å². The van der Waals surface area contributed by atoms with Crippen LogP contribution < -0.4 is 25.4 Å². The van der Waals surface area contributed by atoms with Gasteiger partial charge in [0.1, 0.15) is 29.0 Å². The van der Waals surface area contributed by atoms with Crippen molar-refractivity contribution >= 4 is 5.97 Å². The summed E-state index contributed by atoms with van der Waals surface area (Å²) in [6.45, 7) is 23.5. The number of carbonyl (C=O) groups excluding carboxylic acids is 1. The third-order valence-electron chi connectivity index (χ3n) is 14.1. The smallest absolute Gasteiger partial charge is 0.311 e. The largest absolute Gasteiger partial charge is 0.490 e. The van der Waals surface area contributed by atoms with Crippen molar-refractivity contribution in [2.24, 2.45) is 17.8 Å². The van der Waals surface area contributed by atoms with Crippen molar-refractivity contribution in [3.8, 4) is 11.5 Å². The molecule has 0 bridgehead atoms. The summed E-state index contributed by atoms with van der Waals surface area (Å²) in [5.74, 6) is -1.62. The Hall–Kier alpha value is -2.19. The molecule has 7 N–H and O–H groups in total. The fourth-order valence-electron chi connectivity index (χ4n) is 10.1. The fraction of sp³-hybridized carbons (Fsp3) is 0.854. The molecule has 0 unspecified atom stereocenters. The van der Waals surface area contributed by atoms with Crippen LogP contribution in [0.5, 0.6) is 11.5 Å². The van der Waals surface area contributed by atoms with Crippen LogP contribution in [0.25, 0.3) is 0 Å². The first-order valence-corrected chi connectivity index (χ1v) is 23.8. The summed E-state index contributed by atoms with van der Waals surface area (Å²) in [6, 6.07) is 6.57. The lowest BCUT2D eigenvalue weighted by atomic mass is 9.75. The molecular formula is C48H85N3O13. The van der Waals surface area contributed by atoms with Gasteiger partial charge >= 0.3 is 5.97 Å². The van der Waals surface area contributed by atoms with Crippen molar-refractivity contribution in [3.63, 3.8) is 0 Å². The maximum Gasteiger partial charge on any atom is 0.311 e. The number of esters is 1. The zero-order chi connectivity index (χ0) is 47.8. The number of methoxy groups -OCH3 is 1. The van der Waals surface area contributed by atoms with E-state index in [1.54, 1.807) is 41.7 Å². The molecule has 16 heteroatoms. The van der Waals surface area contributed by atoms with Crippen LogP contribution in [0.1, 0.15) is 115 Å². The molecule has 0 aliphatic carbocycles. The van der Waals surface area contributed by atoms with Crippen LogP contribution >= 0.6 is 0 Å². The van der Waals surface area contributed by atoms with Crippen LogP contribution in [0.3, 0.4) is 0 Å². The number of hydrogen-bond acceptors (Lipinski definition) is 16. The van der Waals surface area contributed by atoms with E-state index in [0.29, 0.717) is 37.6 Å². The molecule has 3 saturated heterocycles. The van der Waals surface area contributed by atoms with E-state index >= 15 is 0 Å². The van der Waals surface area contributed by atoms with Crippen molar-refractivity contribution in [1.29, 1.82) is 0 Å². The standard InChI is InChI=1S/C48H85N3O13/c1-15-22-50-27-48(56)33(9)60-38(25-46(48,11)57-14)63-39-30(6)42(64-44-40(34(49-13)23-29(5)59-44)61-36-21-19-18-20-35(36)58-17-3)45(10,54)24-28(4)26-51-32(8)41(52)47(12,55)37(16-2)62-43(53)31(39)7/h18-21,28-34,37-42,44,49-52,54-56H,15-17,22-27H2,1-14H3/t28-,29-,30+,31-,32-,33+,34+,37-,38+,39+,40-,41-,42-,44+,45-,46-,47-,48+/m1/s1. The Morgan fingerprint density at radius 3 is 2.20 bits per heavy atom. The summed E-state index contributed by atoms with van der Waals surface area (Å²) < 4.78 is 52.2. The molecule has 0 aromatic heterocycles. The average molecular weight is 912 g/mol. The van der Waals surface area contributed by atoms with E-state index in [1.807, 2.05) is 72.9 Å². The average Bonchev–Trinajstić information content (AvgIpc) is 3.24. The number of benzene rings is 1. The lowest BCUT2D eigenvalue weighted by Gasteiger charge is -2.53. The van der Waals surface area contributed by atoms with Gasteiger partial charge in [-0.2, -0.15) is 0 Å². The SMILES string of the molecule is CCCNC[C@]1(O)[C@H](C)O[C@@H](O[C@H]2[C@H](C)[C@@H](O[C@@H]3O[C@H](C)C[C@H](NC)[C@H]3Oc3ccccc3OCC)[C@](C)(O)C[C@@H](C)CN[C@H](C)[C@@H](O)[C@](C)(O)[C@@H](CC)OC(=O)[C@@H]2C)C[C@@]1(C)OC. The molecule has 4 rings (SSSR count). The highest BCUT2D eigenvalue weighted by Crippen LogP contribution is 2.43. The van der Waals surface area contributed by atoms with Crippen molar-refractivity contribution in [3.05, 3.63) is 24.3 Å². The van der Waals surface area contributed by atoms with Crippen molar-refractivity contribution in [2.75, 3.05) is 40.4 Å². The molecule has 1 aromatic rings. The number of carbonyl (C=O) groups is 1. The van der Waals surface area contributed by atoms with E-state index in [0.717, 1.165) is 6.42 Å². The Morgan fingerprint density at radius 1 is 0.922 bits per heavy atom. The van der Waals surface area contributed by atoms with E-state index in [9.17, 15) is 25.2 Å². The number of rotatable bonds is 15. The first kappa shape index (κ1) is 54.4. The van der Waals surface area contributed by atoms with Gasteiger partial charge in [0.2, 0.25) is 0 Å². The van der Waals surface area contributed by atoms with Crippen molar-refractivity contribution < 1.29 is 63.1 Å². The molecule has 18 atom stereocenters. The van der Waals surface area contributed by atoms with E-state index in [2.05, 4.69) is 16.0 Å². The zero-order valence-corrected chi connectivity index (χ0v) is 41.2. The minimum Gasteiger partial charge on any atom is -0.490 e. The van der Waals surface area contributed by atoms with E-state index in [-0.39, 0.29) is 43.9 Å². The maximum atomic E-state index is 14.6. The maximum absolute atomic E-state index is 14.6. The van der Waals surface area contributed by atoms with Gasteiger partial charge in [0, 0.05) is 32.0 Å². The van der Waals surface area contributed by atoms with Gasteiger partial charge < -0.3 is 74.3 Å². The van der Waals surface area contributed by atoms with Crippen LogP contribution in [0.4, 0.5) is 0 Å². The van der Waals surface area contributed by atoms with Gasteiger partial charge in [-0.05, 0) is 119 Å². The van der Waals surface area contributed by atoms with Crippen molar-refractivity contribution in [2.45, 2.75) is 205 Å². The molecule has 64 heavy (non-hydrogen) atoms. The van der Waals surface area contributed by atoms with Gasteiger partial charge in [0.05, 0.1) is 48.6 Å². The molecule has 0 saturated carbocycles. The molecule has 3 fully saturated rings. The highest BCUT2D eigenvalue weighted by molar-refractivity contribution is 5.73. The van der Waals surface area contributed by atoms with Gasteiger partial charge in [-0.1, -0.05) is 39.8 Å². The van der Waals surface area contributed by atoms with Gasteiger partial charge in [0.15, 0.2) is 30.2 Å². The fourth-order valence-corrected chi connectivity index (χ4v) is 10.1. The molecule has 0 radical (unpaired) electrons. The number of aliphatic hydroxyl groups excluding tert-OH is 1. The normalized spacial score (nSPS) is 43.1. The number of cyclic esters (lactones) is 1. The molecule has 370 valence electrons. The first-order chi connectivity index (χ1) is 30.0. The Kier molecular flexibility index (Phi) is 19.7. The summed E-state index contributed by atoms with van der Waals surface area (Å²) in [5, 5.41) is 58.4. The van der Waals surface area contributed by atoms with Crippen LogP contribution in [0, 0.1) is 17.8 Å². The number of para-hydroxylation sites is 2. The van der Waals surface area contributed by atoms with Crippen LogP contribution in [-0.2, 0) is 33.2 Å². The molecule has 0 spiro atoms. The minimum absolute atomic E-state index is 0.0897. The summed E-state index contributed by atoms with van der Waals surface area (Å²) in [6.07, 6.45) is -6.33. The number of nitrogens with one attached hydrogen (secondary N) is 3. The lowest BCUT2D eigenvalue weighted by molar-refractivity contribution is -0.335. The van der Waals surface area contributed by atoms with Crippen LogP contribution in [-0.4, -0.2) is 157 Å². The predicted molar refractivity (Wildman–Crippen MR) is 243 cm³/mol. The molecule has 3 aliphatic rings. The summed E-state index contributed by atoms with van der Waals surface area (Å²) in [5.41, 5.74) is -6.01. The van der Waals surface area contributed by atoms with E-state index in [4.69, 9.17) is 37.9 Å². The third kappa shape index (κ3) is 12.5. The topological polar surface area (TPSA) is 208 Å². The van der Waals surface area contributed by atoms with Crippen molar-refractivity contribution in [1.82, 2.24) is 16.0 Å². The molecule has 3 heterocycles. The second-order valence-electron chi connectivity index (χ2n) is 19.5. The van der Waals surface area contributed by atoms with E-state index < -0.39 is 95.5 Å². The third-order valence-corrected chi connectivity index (χ3v) is 14.1. The van der Waals surface area contributed by atoms with Crippen LogP contribution in [0.15, 0.2) is 24.3 Å². The lowest BCUT2D eigenvalue weighted by Crippen LogP contribution is -2.70. The Labute approximate surface area is 383 Å². The Bertz CT molecular complexity index is 1590. The molecule has 3 aliphatic heterocycles. The summed E-state index contributed by atoms with van der Waals surface area (Å²) in [7, 11) is 3.41. The monoisotopic (exact) mass is 912 g/mol. The second kappa shape index (κ2) is 23.2. The quantitative estimate of drug-likeness (QED) is 0.0978. The highest BCUT2D eigenvalue weighted by Gasteiger charge is 2.58. The number of likely N-dealkylation sites (N-methyl/N-ethyl adjacent to an activating group) is 1. The Balaban J connectivity index is 1.86. The zero-order valence-electron chi connectivity index (χ0n) is 41.2. The first-order valence-electron chi connectivity index (χ1n) is 23.8. The molecule has 1 aromatic carbocycles. The van der Waals surface area contributed by atoms with Gasteiger partial charge in [-0.25, -0.2) is 0 Å². The second-order valence-corrected chi connectivity index (χ2v) is 19.5. The minimum atomic E-state index is -1.83. The van der Waals surface area contributed by atoms with Crippen LogP contribution in [0.2, 0.25) is 0 Å². The molecule has 16 nitrogen and oxygen atoms in total.